The number of rotatable bonds is 7. The van der Waals surface area contributed by atoms with Crippen LogP contribution in [0.25, 0.3) is 10.2 Å². The molecule has 25 heavy (non-hydrogen) atoms. The summed E-state index contributed by atoms with van der Waals surface area (Å²) >= 11 is 3.23. The van der Waals surface area contributed by atoms with E-state index in [0.29, 0.717) is 6.61 Å². The van der Waals surface area contributed by atoms with Gasteiger partial charge in [0.2, 0.25) is 0 Å². The van der Waals surface area contributed by atoms with E-state index in [1.54, 1.807) is 18.4 Å². The summed E-state index contributed by atoms with van der Waals surface area (Å²) in [5.41, 5.74) is 9.39. The predicted octanol–water partition coefficient (Wildman–Crippen LogP) is 3.86. The van der Waals surface area contributed by atoms with E-state index >= 15 is 0 Å². The molecule has 0 saturated heterocycles. The number of thiophene rings is 1. The SMILES string of the molecule is CC#Cc1c(C[C@@H](N)COC)sc2c(NCc3ccccc3)snc12. The van der Waals surface area contributed by atoms with Crippen LogP contribution in [0.4, 0.5) is 5.00 Å². The Labute approximate surface area is 156 Å². The monoisotopic (exact) mass is 371 g/mol. The molecule has 0 unspecified atom stereocenters. The van der Waals surface area contributed by atoms with E-state index in [1.165, 1.54) is 26.7 Å². The predicted molar refractivity (Wildman–Crippen MR) is 107 cm³/mol. The third-order valence-electron chi connectivity index (χ3n) is 3.76. The van der Waals surface area contributed by atoms with E-state index in [2.05, 4.69) is 45.8 Å². The first-order valence-electron chi connectivity index (χ1n) is 8.09. The first-order chi connectivity index (χ1) is 12.2. The maximum Gasteiger partial charge on any atom is 0.127 e. The minimum absolute atomic E-state index is 0.0328. The molecule has 6 heteroatoms. The summed E-state index contributed by atoms with van der Waals surface area (Å²) in [5.74, 6) is 6.22. The molecule has 0 saturated carbocycles. The van der Waals surface area contributed by atoms with Gasteiger partial charge in [-0.2, -0.15) is 4.37 Å². The Kier molecular flexibility index (Phi) is 6.05. The Balaban J connectivity index is 1.87. The van der Waals surface area contributed by atoms with Crippen molar-refractivity contribution in [3.8, 4) is 11.8 Å². The molecule has 3 N–H and O–H groups in total. The number of nitrogens with one attached hydrogen (secondary N) is 1. The number of methoxy groups -OCH3 is 1. The Bertz CT molecular complexity index is 890. The van der Waals surface area contributed by atoms with E-state index in [9.17, 15) is 0 Å². The number of aromatic nitrogens is 1. The van der Waals surface area contributed by atoms with Crippen molar-refractivity contribution in [1.82, 2.24) is 4.37 Å². The third kappa shape index (κ3) is 4.20. The highest BCUT2D eigenvalue weighted by Crippen LogP contribution is 2.39. The molecule has 0 amide bonds. The lowest BCUT2D eigenvalue weighted by molar-refractivity contribution is 0.180. The molecule has 4 nitrogen and oxygen atoms in total. The van der Waals surface area contributed by atoms with Gasteiger partial charge in [-0.05, 0) is 24.0 Å². The average molecular weight is 372 g/mol. The van der Waals surface area contributed by atoms with Crippen LogP contribution in [-0.2, 0) is 17.7 Å². The normalized spacial score (nSPS) is 12.0. The Morgan fingerprint density at radius 3 is 2.84 bits per heavy atom. The number of hydrogen-bond donors (Lipinski definition) is 2. The van der Waals surface area contributed by atoms with Crippen LogP contribution in [0.1, 0.15) is 22.9 Å². The van der Waals surface area contributed by atoms with Gasteiger partial charge in [0.15, 0.2) is 0 Å². The van der Waals surface area contributed by atoms with E-state index in [0.717, 1.165) is 29.0 Å². The second-order valence-electron chi connectivity index (χ2n) is 5.72. The molecule has 130 valence electrons. The van der Waals surface area contributed by atoms with Crippen LogP contribution in [0.15, 0.2) is 30.3 Å². The van der Waals surface area contributed by atoms with Crippen LogP contribution in [0.5, 0.6) is 0 Å². The van der Waals surface area contributed by atoms with Crippen LogP contribution < -0.4 is 11.1 Å². The summed E-state index contributed by atoms with van der Waals surface area (Å²) in [4.78, 5) is 1.19. The Morgan fingerprint density at radius 1 is 1.32 bits per heavy atom. The number of benzene rings is 1. The molecule has 2 heterocycles. The molecule has 1 aromatic carbocycles. The van der Waals surface area contributed by atoms with Gasteiger partial charge in [-0.3, -0.25) is 0 Å². The van der Waals surface area contributed by atoms with Crippen LogP contribution in [0.3, 0.4) is 0 Å². The molecule has 3 aromatic rings. The molecular weight excluding hydrogens is 350 g/mol. The average Bonchev–Trinajstić information content (AvgIpc) is 3.15. The van der Waals surface area contributed by atoms with Gasteiger partial charge < -0.3 is 15.8 Å². The van der Waals surface area contributed by atoms with E-state index in [-0.39, 0.29) is 6.04 Å². The van der Waals surface area contributed by atoms with E-state index in [1.807, 2.05) is 13.0 Å². The van der Waals surface area contributed by atoms with Crippen molar-refractivity contribution in [3.63, 3.8) is 0 Å². The number of ether oxygens (including phenoxy) is 1. The van der Waals surface area contributed by atoms with Gasteiger partial charge >= 0.3 is 0 Å². The molecular formula is C19H21N3OS2. The fourth-order valence-corrected chi connectivity index (χ4v) is 4.82. The molecule has 3 rings (SSSR count). The number of nitrogens with two attached hydrogens (primary N) is 1. The van der Waals surface area contributed by atoms with Gasteiger partial charge in [0.05, 0.1) is 16.9 Å². The summed E-state index contributed by atoms with van der Waals surface area (Å²) in [7, 11) is 1.67. The largest absolute Gasteiger partial charge is 0.383 e. The standard InChI is InChI=1S/C19H21N3OS2/c1-3-7-15-16(10-14(20)12-23-2)24-18-17(15)22-25-19(18)21-11-13-8-5-4-6-9-13/h4-6,8-9,14,21H,10-12,20H2,1-2H3/t14-/m1/s1. The van der Waals surface area contributed by atoms with Crippen molar-refractivity contribution in [3.05, 3.63) is 46.3 Å². The summed E-state index contributed by atoms with van der Waals surface area (Å²) in [6.45, 7) is 3.17. The van der Waals surface area contributed by atoms with Crippen molar-refractivity contribution in [2.75, 3.05) is 19.0 Å². The topological polar surface area (TPSA) is 60.2 Å². The van der Waals surface area contributed by atoms with Crippen LogP contribution in [0.2, 0.25) is 0 Å². The highest BCUT2D eigenvalue weighted by Gasteiger charge is 2.19. The second-order valence-corrected chi connectivity index (χ2v) is 7.60. The first kappa shape index (κ1) is 17.9. The van der Waals surface area contributed by atoms with E-state index < -0.39 is 0 Å². The second kappa shape index (κ2) is 8.45. The van der Waals surface area contributed by atoms with Gasteiger partial charge in [0.25, 0.3) is 0 Å². The molecule has 2 aromatic heterocycles. The number of anilines is 1. The zero-order valence-electron chi connectivity index (χ0n) is 14.3. The molecule has 1 atom stereocenters. The number of fused-ring (bicyclic) bond motifs is 1. The maximum atomic E-state index is 6.14. The van der Waals surface area contributed by atoms with Gasteiger partial charge in [0.1, 0.15) is 10.5 Å². The fourth-order valence-electron chi connectivity index (χ4n) is 2.64. The Morgan fingerprint density at radius 2 is 2.12 bits per heavy atom. The molecule has 0 aliphatic rings. The van der Waals surface area contributed by atoms with Crippen LogP contribution in [0, 0.1) is 11.8 Å². The minimum atomic E-state index is -0.0328. The van der Waals surface area contributed by atoms with E-state index in [4.69, 9.17) is 10.5 Å². The minimum Gasteiger partial charge on any atom is -0.383 e. The zero-order valence-corrected chi connectivity index (χ0v) is 16.0. The highest BCUT2D eigenvalue weighted by atomic mass is 32.1. The van der Waals surface area contributed by atoms with Crippen molar-refractivity contribution < 1.29 is 4.74 Å². The maximum absolute atomic E-state index is 6.14. The summed E-state index contributed by atoms with van der Waals surface area (Å²) in [6.07, 6.45) is 0.752. The van der Waals surface area contributed by atoms with Crippen molar-refractivity contribution in [2.24, 2.45) is 5.73 Å². The fraction of sp³-hybridized carbons (Fsp3) is 0.316. The highest BCUT2D eigenvalue weighted by molar-refractivity contribution is 7.24. The van der Waals surface area contributed by atoms with Crippen LogP contribution in [-0.4, -0.2) is 24.1 Å². The summed E-state index contributed by atoms with van der Waals surface area (Å²) < 4.78 is 11.0. The number of hydrogen-bond acceptors (Lipinski definition) is 6. The summed E-state index contributed by atoms with van der Waals surface area (Å²) in [6, 6.07) is 10.3. The third-order valence-corrected chi connectivity index (χ3v) is 5.92. The lowest BCUT2D eigenvalue weighted by Gasteiger charge is -2.09. The Hall–Kier alpha value is -1.91. The smallest absolute Gasteiger partial charge is 0.127 e. The van der Waals surface area contributed by atoms with Gasteiger partial charge in [-0.1, -0.05) is 36.3 Å². The van der Waals surface area contributed by atoms with Gasteiger partial charge in [-0.25, -0.2) is 0 Å². The molecule has 0 radical (unpaired) electrons. The molecule has 0 bridgehead atoms. The van der Waals surface area contributed by atoms with Gasteiger partial charge in [-0.15, -0.1) is 17.3 Å². The quantitative estimate of drug-likeness (QED) is 0.619. The molecule has 0 aliphatic heterocycles. The lowest BCUT2D eigenvalue weighted by Crippen LogP contribution is -2.27. The van der Waals surface area contributed by atoms with Crippen LogP contribution >= 0.6 is 22.9 Å². The van der Waals surface area contributed by atoms with Gasteiger partial charge in [0, 0.05) is 31.0 Å². The van der Waals surface area contributed by atoms with Crippen molar-refractivity contribution in [1.29, 1.82) is 0 Å². The molecule has 0 aliphatic carbocycles. The number of nitrogens with zero attached hydrogens (tertiary/aromatic N) is 1. The zero-order chi connectivity index (χ0) is 17.6. The van der Waals surface area contributed by atoms with Crippen molar-refractivity contribution >= 4 is 38.1 Å². The van der Waals surface area contributed by atoms with Crippen molar-refractivity contribution in [2.45, 2.75) is 25.9 Å². The lowest BCUT2D eigenvalue weighted by atomic mass is 10.1. The first-order valence-corrected chi connectivity index (χ1v) is 9.68. The summed E-state index contributed by atoms with van der Waals surface area (Å²) in [5, 5.41) is 4.60. The molecule has 0 spiro atoms. The molecule has 0 fully saturated rings.